The number of rotatable bonds is 5. The fourth-order valence-corrected chi connectivity index (χ4v) is 4.26. The Hall–Kier alpha value is -3.33. The van der Waals surface area contributed by atoms with Gasteiger partial charge in [0, 0.05) is 49.8 Å². The van der Waals surface area contributed by atoms with E-state index < -0.39 is 23.4 Å². The van der Waals surface area contributed by atoms with Crippen molar-refractivity contribution in [3.05, 3.63) is 82.4 Å². The summed E-state index contributed by atoms with van der Waals surface area (Å²) in [5, 5.41) is -0.237. The molecular weight excluding hydrogens is 469 g/mol. The van der Waals surface area contributed by atoms with Crippen LogP contribution in [0, 0.1) is 0 Å². The molecule has 0 radical (unpaired) electrons. The molecule has 0 saturated carbocycles. The number of pyridine rings is 1. The fourth-order valence-electron chi connectivity index (χ4n) is 3.93. The highest BCUT2D eigenvalue weighted by molar-refractivity contribution is 6.31. The number of para-hydroxylation sites is 1. The summed E-state index contributed by atoms with van der Waals surface area (Å²) < 4.78 is 38.6. The quantitative estimate of drug-likeness (QED) is 0.509. The van der Waals surface area contributed by atoms with Gasteiger partial charge in [-0.1, -0.05) is 29.8 Å². The molecule has 0 spiro atoms. The Morgan fingerprint density at radius 2 is 1.76 bits per heavy atom. The van der Waals surface area contributed by atoms with E-state index in [0.717, 1.165) is 11.8 Å². The summed E-state index contributed by atoms with van der Waals surface area (Å²) in [5.74, 6) is -1.51. The molecular formula is C24H22ClF3N4O2. The maximum absolute atomic E-state index is 12.9. The van der Waals surface area contributed by atoms with Gasteiger partial charge in [0.25, 0.3) is 5.91 Å². The van der Waals surface area contributed by atoms with E-state index in [-0.39, 0.29) is 27.9 Å². The van der Waals surface area contributed by atoms with Crippen molar-refractivity contribution in [2.45, 2.75) is 19.0 Å². The second kappa shape index (κ2) is 9.50. The Morgan fingerprint density at radius 3 is 2.38 bits per heavy atom. The number of anilines is 1. The monoisotopic (exact) mass is 490 g/mol. The first-order valence-electron chi connectivity index (χ1n) is 10.7. The molecule has 2 aromatic heterocycles. The summed E-state index contributed by atoms with van der Waals surface area (Å²) in [6.45, 7) is 3.98. The first-order chi connectivity index (χ1) is 16.1. The van der Waals surface area contributed by atoms with E-state index in [1.54, 1.807) is 4.90 Å². The largest absolute Gasteiger partial charge is 0.417 e. The van der Waals surface area contributed by atoms with Gasteiger partial charge in [-0.2, -0.15) is 13.2 Å². The minimum Gasteiger partial charge on any atom is -0.368 e. The number of amides is 1. The maximum Gasteiger partial charge on any atom is 0.417 e. The fraction of sp³-hybridized carbons (Fsp3) is 0.292. The van der Waals surface area contributed by atoms with Crippen molar-refractivity contribution < 1.29 is 22.8 Å². The lowest BCUT2D eigenvalue weighted by atomic mass is 9.97. The van der Waals surface area contributed by atoms with Crippen molar-refractivity contribution in [3.63, 3.8) is 0 Å². The Labute approximate surface area is 199 Å². The minimum atomic E-state index is -4.58. The number of hydrogen-bond acceptors (Lipinski definition) is 4. The molecule has 0 bridgehead atoms. The van der Waals surface area contributed by atoms with Crippen LogP contribution in [0.2, 0.25) is 5.02 Å². The number of nitrogens with one attached hydrogen (secondary N) is 1. The lowest BCUT2D eigenvalue weighted by Crippen LogP contribution is -2.48. The van der Waals surface area contributed by atoms with Crippen molar-refractivity contribution in [2.75, 3.05) is 31.1 Å². The third kappa shape index (κ3) is 4.94. The maximum atomic E-state index is 12.9. The molecule has 1 atom stereocenters. The van der Waals surface area contributed by atoms with Crippen molar-refractivity contribution >= 4 is 29.0 Å². The van der Waals surface area contributed by atoms with Gasteiger partial charge in [0.2, 0.25) is 0 Å². The first-order valence-corrected chi connectivity index (χ1v) is 11.1. The lowest BCUT2D eigenvalue weighted by Gasteiger charge is -2.36. The molecule has 3 aromatic rings. The number of aromatic nitrogens is 2. The van der Waals surface area contributed by atoms with Crippen molar-refractivity contribution in [1.82, 2.24) is 14.9 Å². The van der Waals surface area contributed by atoms with Crippen LogP contribution in [-0.4, -0.2) is 52.7 Å². The van der Waals surface area contributed by atoms with E-state index in [1.165, 1.54) is 19.2 Å². The van der Waals surface area contributed by atoms with Crippen LogP contribution in [0.25, 0.3) is 0 Å². The number of alkyl halides is 3. The number of carbonyl (C=O) groups excluding carboxylic acids is 2. The van der Waals surface area contributed by atoms with Crippen molar-refractivity contribution in [3.8, 4) is 0 Å². The average molecular weight is 491 g/mol. The smallest absolute Gasteiger partial charge is 0.368 e. The normalized spacial score (nSPS) is 15.3. The molecule has 1 aromatic carbocycles. The molecule has 1 aliphatic rings. The number of hydrogen-bond donors (Lipinski definition) is 1. The molecule has 1 saturated heterocycles. The highest BCUT2D eigenvalue weighted by Crippen LogP contribution is 2.33. The van der Waals surface area contributed by atoms with E-state index in [1.807, 2.05) is 30.3 Å². The molecule has 34 heavy (non-hydrogen) atoms. The second-order valence-electron chi connectivity index (χ2n) is 8.09. The van der Waals surface area contributed by atoms with Gasteiger partial charge in [0.1, 0.15) is 5.69 Å². The van der Waals surface area contributed by atoms with Gasteiger partial charge in [-0.25, -0.2) is 0 Å². The van der Waals surface area contributed by atoms with Gasteiger partial charge in [-0.05, 0) is 31.2 Å². The van der Waals surface area contributed by atoms with Gasteiger partial charge in [0.15, 0.2) is 5.78 Å². The molecule has 0 unspecified atom stereocenters. The predicted molar refractivity (Wildman–Crippen MR) is 122 cm³/mol. The molecule has 0 aliphatic carbocycles. The summed E-state index contributed by atoms with van der Waals surface area (Å²) >= 11 is 5.99. The number of H-pyrrole nitrogens is 1. The van der Waals surface area contributed by atoms with E-state index in [4.69, 9.17) is 11.6 Å². The highest BCUT2D eigenvalue weighted by atomic mass is 35.5. The number of piperazine rings is 1. The number of ketones is 1. The highest BCUT2D eigenvalue weighted by Gasteiger charge is 2.33. The van der Waals surface area contributed by atoms with Gasteiger partial charge in [-0.15, -0.1) is 0 Å². The zero-order valence-electron chi connectivity index (χ0n) is 18.3. The summed E-state index contributed by atoms with van der Waals surface area (Å²) in [6.07, 6.45) is -2.50. The summed E-state index contributed by atoms with van der Waals surface area (Å²) in [6, 6.07) is 12.2. The molecule has 1 amide bonds. The molecule has 178 valence electrons. The number of benzene rings is 1. The van der Waals surface area contributed by atoms with Crippen LogP contribution in [0.1, 0.15) is 44.9 Å². The number of halogens is 4. The minimum absolute atomic E-state index is 0.0470. The standard InChI is InChI=1S/C24H22ClF3N4O2/c1-15(21-19(25)12-17(14-30-21)24(26,27)28)22(33)16-11-20(29-13-16)23(34)32-9-7-31(8-10-32)18-5-3-2-4-6-18/h2-6,11-15,29H,7-10H2,1H3/t15-/m0/s1. The zero-order valence-corrected chi connectivity index (χ0v) is 19.0. The van der Waals surface area contributed by atoms with E-state index in [0.29, 0.717) is 32.4 Å². The molecule has 4 rings (SSSR count). The Kier molecular flexibility index (Phi) is 6.65. The number of aromatic amines is 1. The van der Waals surface area contributed by atoms with Crippen molar-refractivity contribution in [1.29, 1.82) is 0 Å². The van der Waals surface area contributed by atoms with Crippen LogP contribution in [-0.2, 0) is 6.18 Å². The van der Waals surface area contributed by atoms with Crippen LogP contribution in [0.3, 0.4) is 0 Å². The second-order valence-corrected chi connectivity index (χ2v) is 8.50. The van der Waals surface area contributed by atoms with Crippen LogP contribution in [0.15, 0.2) is 54.9 Å². The number of carbonyl (C=O) groups is 2. The Morgan fingerprint density at radius 1 is 1.09 bits per heavy atom. The third-order valence-electron chi connectivity index (χ3n) is 5.89. The van der Waals surface area contributed by atoms with Crippen molar-refractivity contribution in [2.24, 2.45) is 0 Å². The zero-order chi connectivity index (χ0) is 24.5. The molecule has 3 heterocycles. The Balaban J connectivity index is 1.42. The lowest BCUT2D eigenvalue weighted by molar-refractivity contribution is -0.137. The molecule has 1 aliphatic heterocycles. The molecule has 10 heteroatoms. The number of Topliss-reactive ketones (excluding diaryl/α,β-unsaturated/α-hetero) is 1. The van der Waals surface area contributed by atoms with Crippen LogP contribution in [0.4, 0.5) is 18.9 Å². The van der Waals surface area contributed by atoms with Crippen LogP contribution in [0.5, 0.6) is 0 Å². The molecule has 1 N–H and O–H groups in total. The predicted octanol–water partition coefficient (Wildman–Crippen LogP) is 5.03. The third-order valence-corrected chi connectivity index (χ3v) is 6.19. The SMILES string of the molecule is C[C@H](C(=O)c1c[nH]c(C(=O)N2CCN(c3ccccc3)CC2)c1)c1ncc(C(F)(F)F)cc1Cl. The van der Waals surface area contributed by atoms with Crippen LogP contribution < -0.4 is 4.90 Å². The van der Waals surface area contributed by atoms with E-state index >= 15 is 0 Å². The van der Waals surface area contributed by atoms with E-state index in [2.05, 4.69) is 14.9 Å². The molecule has 1 fully saturated rings. The topological polar surface area (TPSA) is 69.3 Å². The van der Waals surface area contributed by atoms with Gasteiger partial charge in [0.05, 0.1) is 22.2 Å². The van der Waals surface area contributed by atoms with Crippen LogP contribution >= 0.6 is 11.6 Å². The van der Waals surface area contributed by atoms with Gasteiger partial charge in [-0.3, -0.25) is 14.6 Å². The van der Waals surface area contributed by atoms with E-state index in [9.17, 15) is 22.8 Å². The number of nitrogens with zero attached hydrogens (tertiary/aromatic N) is 3. The summed E-state index contributed by atoms with van der Waals surface area (Å²) in [7, 11) is 0. The average Bonchev–Trinajstić information content (AvgIpc) is 3.33. The molecule has 6 nitrogen and oxygen atoms in total. The Bertz CT molecular complexity index is 1190. The van der Waals surface area contributed by atoms with Gasteiger partial charge < -0.3 is 14.8 Å². The van der Waals surface area contributed by atoms with Gasteiger partial charge >= 0.3 is 6.18 Å². The summed E-state index contributed by atoms with van der Waals surface area (Å²) in [4.78, 5) is 36.4. The first kappa shape index (κ1) is 23.8. The summed E-state index contributed by atoms with van der Waals surface area (Å²) in [5.41, 5.74) is 0.673.